The molecule has 0 spiro atoms. The first kappa shape index (κ1) is 20.9. The number of thiophene rings is 1. The topological polar surface area (TPSA) is 58.6 Å². The van der Waals surface area contributed by atoms with E-state index in [1.54, 1.807) is 13.2 Å². The fraction of sp³-hybridized carbons (Fsp3) is 0.200. The number of carbonyl (C=O) groups excluding carboxylic acids is 2. The summed E-state index contributed by atoms with van der Waals surface area (Å²) in [4.78, 5) is 28.8. The highest BCUT2D eigenvalue weighted by atomic mass is 32.1. The van der Waals surface area contributed by atoms with E-state index in [2.05, 4.69) is 12.2 Å². The fourth-order valence-corrected chi connectivity index (χ4v) is 4.34. The van der Waals surface area contributed by atoms with E-state index in [0.29, 0.717) is 22.7 Å². The predicted molar refractivity (Wildman–Crippen MR) is 125 cm³/mol. The highest BCUT2D eigenvalue weighted by Crippen LogP contribution is 2.36. The third kappa shape index (κ3) is 4.25. The van der Waals surface area contributed by atoms with Gasteiger partial charge in [0.05, 0.1) is 18.4 Å². The molecule has 0 saturated carbocycles. The van der Waals surface area contributed by atoms with E-state index in [9.17, 15) is 9.59 Å². The molecule has 0 fully saturated rings. The van der Waals surface area contributed by atoms with Gasteiger partial charge in [-0.3, -0.25) is 9.59 Å². The molecule has 1 aromatic heterocycles. The summed E-state index contributed by atoms with van der Waals surface area (Å²) in [6.45, 7) is 2.16. The minimum Gasteiger partial charge on any atom is -0.497 e. The zero-order valence-electron chi connectivity index (χ0n) is 17.6. The van der Waals surface area contributed by atoms with Crippen molar-refractivity contribution in [2.24, 2.45) is 0 Å². The molecule has 1 aliphatic rings. The molecule has 2 amide bonds. The van der Waals surface area contributed by atoms with Gasteiger partial charge in [0, 0.05) is 16.6 Å². The summed E-state index contributed by atoms with van der Waals surface area (Å²) < 4.78 is 5.28. The molecule has 0 saturated heterocycles. The number of amides is 2. The lowest BCUT2D eigenvalue weighted by molar-refractivity contribution is -0.120. The van der Waals surface area contributed by atoms with Gasteiger partial charge in [0.15, 0.2) is 0 Å². The van der Waals surface area contributed by atoms with Crippen LogP contribution in [0.25, 0.3) is 5.57 Å². The molecule has 1 aliphatic heterocycles. The van der Waals surface area contributed by atoms with E-state index in [1.165, 1.54) is 21.8 Å². The van der Waals surface area contributed by atoms with Crippen LogP contribution in [0.4, 0.5) is 11.4 Å². The number of rotatable bonds is 8. The van der Waals surface area contributed by atoms with Crippen molar-refractivity contribution in [3.8, 4) is 5.75 Å². The quantitative estimate of drug-likeness (QED) is 0.478. The van der Waals surface area contributed by atoms with Gasteiger partial charge in [-0.2, -0.15) is 0 Å². The maximum Gasteiger partial charge on any atom is 0.282 e. The largest absolute Gasteiger partial charge is 0.497 e. The number of nitrogens with one attached hydrogen (secondary N) is 1. The maximum atomic E-state index is 13.4. The van der Waals surface area contributed by atoms with Crippen molar-refractivity contribution in [3.05, 3.63) is 82.2 Å². The number of hydrogen-bond donors (Lipinski definition) is 1. The van der Waals surface area contributed by atoms with Gasteiger partial charge in [0.2, 0.25) is 0 Å². The molecule has 0 bridgehead atoms. The summed E-state index contributed by atoms with van der Waals surface area (Å²) in [6.07, 6.45) is 3.22. The number of unbranched alkanes of at least 4 members (excludes halogenated alkanes) is 1. The summed E-state index contributed by atoms with van der Waals surface area (Å²) in [5, 5.41) is 5.06. The van der Waals surface area contributed by atoms with Crippen LogP contribution >= 0.6 is 11.3 Å². The van der Waals surface area contributed by atoms with Crippen molar-refractivity contribution in [3.63, 3.8) is 0 Å². The Bertz CT molecular complexity index is 1120. The third-order valence-corrected chi connectivity index (χ3v) is 6.09. The molecular weight excluding hydrogens is 408 g/mol. The molecular formula is C25H24N2O3S. The minimum atomic E-state index is -0.363. The zero-order valence-corrected chi connectivity index (χ0v) is 18.4. The van der Waals surface area contributed by atoms with E-state index in [1.807, 2.05) is 60.0 Å². The zero-order chi connectivity index (χ0) is 21.8. The van der Waals surface area contributed by atoms with Crippen molar-refractivity contribution in [2.75, 3.05) is 17.3 Å². The number of benzene rings is 2. The van der Waals surface area contributed by atoms with E-state index < -0.39 is 0 Å². The van der Waals surface area contributed by atoms with Gasteiger partial charge in [-0.25, -0.2) is 4.90 Å². The van der Waals surface area contributed by atoms with Crippen LogP contribution in [0.15, 0.2) is 71.7 Å². The Balaban J connectivity index is 1.69. The smallest absolute Gasteiger partial charge is 0.282 e. The first-order valence-electron chi connectivity index (χ1n) is 10.3. The van der Waals surface area contributed by atoms with Crippen LogP contribution in [0.3, 0.4) is 0 Å². The Morgan fingerprint density at radius 2 is 1.81 bits per heavy atom. The lowest BCUT2D eigenvalue weighted by Crippen LogP contribution is -2.32. The number of aryl methyl sites for hydroxylation is 1. The average Bonchev–Trinajstić information content (AvgIpc) is 3.40. The van der Waals surface area contributed by atoms with Gasteiger partial charge in [-0.1, -0.05) is 37.6 Å². The van der Waals surface area contributed by atoms with Crippen LogP contribution in [0.2, 0.25) is 0 Å². The molecule has 158 valence electrons. The van der Waals surface area contributed by atoms with Crippen molar-refractivity contribution >= 4 is 40.1 Å². The number of nitrogens with zero attached hydrogens (tertiary/aromatic N) is 1. The van der Waals surface area contributed by atoms with Crippen molar-refractivity contribution in [2.45, 2.75) is 26.2 Å². The summed E-state index contributed by atoms with van der Waals surface area (Å²) >= 11 is 1.43. The van der Waals surface area contributed by atoms with Gasteiger partial charge < -0.3 is 10.1 Å². The van der Waals surface area contributed by atoms with E-state index >= 15 is 0 Å². The Hall–Kier alpha value is -3.38. The van der Waals surface area contributed by atoms with Gasteiger partial charge >= 0.3 is 0 Å². The van der Waals surface area contributed by atoms with Gasteiger partial charge in [-0.15, -0.1) is 11.3 Å². The van der Waals surface area contributed by atoms with Gasteiger partial charge in [0.25, 0.3) is 11.8 Å². The molecule has 0 aliphatic carbocycles. The predicted octanol–water partition coefficient (Wildman–Crippen LogP) is 5.50. The Morgan fingerprint density at radius 1 is 1.00 bits per heavy atom. The lowest BCUT2D eigenvalue weighted by atomic mass is 10.1. The summed E-state index contributed by atoms with van der Waals surface area (Å²) in [6, 6.07) is 18.7. The summed E-state index contributed by atoms with van der Waals surface area (Å²) in [5.74, 6) is -0.0174. The molecule has 2 aromatic carbocycles. The fourth-order valence-electron chi connectivity index (χ4n) is 3.57. The number of imide groups is 1. The number of anilines is 2. The summed E-state index contributed by atoms with van der Waals surface area (Å²) in [7, 11) is 1.59. The summed E-state index contributed by atoms with van der Waals surface area (Å²) in [5.41, 5.74) is 3.12. The van der Waals surface area contributed by atoms with E-state index in [-0.39, 0.29) is 17.5 Å². The molecule has 1 N–H and O–H groups in total. The van der Waals surface area contributed by atoms with Crippen LogP contribution in [0.1, 0.15) is 30.2 Å². The van der Waals surface area contributed by atoms with Crippen molar-refractivity contribution < 1.29 is 14.3 Å². The first-order chi connectivity index (χ1) is 15.1. The second-order valence-electron chi connectivity index (χ2n) is 7.30. The Morgan fingerprint density at radius 3 is 2.48 bits per heavy atom. The highest BCUT2D eigenvalue weighted by Gasteiger charge is 2.40. The standard InChI is InChI=1S/C25H24N2O3S/c1-3-4-7-17-11-13-19(14-12-17)27-24(28)22(21-10-6-15-31-21)23(25(27)29)26-18-8-5-9-20(16-18)30-2/h5-6,8-16,26H,3-4,7H2,1-2H3. The second kappa shape index (κ2) is 9.18. The molecule has 0 unspecified atom stereocenters. The van der Waals surface area contributed by atoms with E-state index in [4.69, 9.17) is 4.74 Å². The van der Waals surface area contributed by atoms with Gasteiger partial charge in [-0.05, 0) is 54.1 Å². The van der Waals surface area contributed by atoms with E-state index in [0.717, 1.165) is 24.1 Å². The highest BCUT2D eigenvalue weighted by molar-refractivity contribution is 7.11. The van der Waals surface area contributed by atoms with Crippen molar-refractivity contribution in [1.82, 2.24) is 0 Å². The van der Waals surface area contributed by atoms with Crippen LogP contribution < -0.4 is 15.0 Å². The average molecular weight is 433 g/mol. The molecule has 2 heterocycles. The second-order valence-corrected chi connectivity index (χ2v) is 8.25. The van der Waals surface area contributed by atoms with Crippen LogP contribution in [0.5, 0.6) is 5.75 Å². The molecule has 5 nitrogen and oxygen atoms in total. The first-order valence-corrected chi connectivity index (χ1v) is 11.2. The Kier molecular flexibility index (Phi) is 6.18. The van der Waals surface area contributed by atoms with Crippen LogP contribution in [0, 0.1) is 0 Å². The molecule has 4 rings (SSSR count). The van der Waals surface area contributed by atoms with Crippen LogP contribution in [-0.4, -0.2) is 18.9 Å². The minimum absolute atomic E-state index is 0.274. The normalized spacial score (nSPS) is 13.8. The molecule has 3 aromatic rings. The molecule has 0 radical (unpaired) electrons. The Labute approximate surface area is 186 Å². The third-order valence-electron chi connectivity index (χ3n) is 5.20. The molecule has 31 heavy (non-hydrogen) atoms. The number of carbonyl (C=O) groups is 2. The van der Waals surface area contributed by atoms with Gasteiger partial charge in [0.1, 0.15) is 11.4 Å². The molecule has 6 heteroatoms. The van der Waals surface area contributed by atoms with Crippen molar-refractivity contribution in [1.29, 1.82) is 0 Å². The number of ether oxygens (including phenoxy) is 1. The lowest BCUT2D eigenvalue weighted by Gasteiger charge is -2.16. The van der Waals surface area contributed by atoms with Crippen LogP contribution in [-0.2, 0) is 16.0 Å². The monoisotopic (exact) mass is 432 g/mol. The molecule has 0 atom stereocenters. The SMILES string of the molecule is CCCCc1ccc(N2C(=O)C(Nc3cccc(OC)c3)=C(c3cccs3)C2=O)cc1. The number of hydrogen-bond acceptors (Lipinski definition) is 5. The maximum absolute atomic E-state index is 13.4. The number of methoxy groups -OCH3 is 1.